The molecule has 2 aromatic rings. The molecule has 1 fully saturated rings. The van der Waals surface area contributed by atoms with Crippen LogP contribution in [0.3, 0.4) is 0 Å². The molecule has 9 nitrogen and oxygen atoms in total. The van der Waals surface area contributed by atoms with Crippen LogP contribution in [0.5, 0.6) is 0 Å². The fraction of sp³-hybridized carbons (Fsp3) is 0.375. The molecule has 0 spiro atoms. The van der Waals surface area contributed by atoms with E-state index in [1.165, 1.54) is 39.5 Å². The van der Waals surface area contributed by atoms with Gasteiger partial charge >= 0.3 is 5.97 Å². The van der Waals surface area contributed by atoms with E-state index in [2.05, 4.69) is 0 Å². The highest BCUT2D eigenvalue weighted by molar-refractivity contribution is 7.89. The Kier molecular flexibility index (Phi) is 7.11. The zero-order chi connectivity index (χ0) is 24.3. The van der Waals surface area contributed by atoms with Gasteiger partial charge in [0.05, 0.1) is 34.8 Å². The number of sulfonamides is 1. The highest BCUT2D eigenvalue weighted by atomic mass is 32.2. The van der Waals surface area contributed by atoms with Crippen molar-refractivity contribution < 1.29 is 32.3 Å². The number of morpholine rings is 1. The van der Waals surface area contributed by atoms with Crippen LogP contribution in [0.15, 0.2) is 47.4 Å². The minimum absolute atomic E-state index is 0.122. The Morgan fingerprint density at radius 1 is 1.03 bits per heavy atom. The standard InChI is InChI=1S/C24H26N2O7S/c1-2-3-9-26-22(27)20-8-7-18(15-21(20)23(26)28)24(29)33-16-17-5-4-6-19(14-17)34(30,31)25-10-12-32-13-11-25/h4-8,14-15H,2-3,9-13,16H2,1H3. The number of carbonyl (C=O) groups is 3. The van der Waals surface area contributed by atoms with Gasteiger partial charge in [-0.3, -0.25) is 14.5 Å². The highest BCUT2D eigenvalue weighted by Gasteiger charge is 2.35. The predicted molar refractivity (Wildman–Crippen MR) is 122 cm³/mol. The third-order valence-corrected chi connectivity index (χ3v) is 7.71. The zero-order valence-electron chi connectivity index (χ0n) is 18.9. The number of unbranched alkanes of at least 4 members (excludes halogenated alkanes) is 1. The Morgan fingerprint density at radius 2 is 1.76 bits per heavy atom. The molecule has 2 aromatic carbocycles. The lowest BCUT2D eigenvalue weighted by Gasteiger charge is -2.26. The van der Waals surface area contributed by atoms with E-state index >= 15 is 0 Å². The van der Waals surface area contributed by atoms with Crippen LogP contribution in [-0.4, -0.2) is 68.3 Å². The van der Waals surface area contributed by atoms with Crippen LogP contribution in [0.4, 0.5) is 0 Å². The van der Waals surface area contributed by atoms with Gasteiger partial charge in [0.1, 0.15) is 6.61 Å². The van der Waals surface area contributed by atoms with Crippen molar-refractivity contribution in [3.05, 3.63) is 64.7 Å². The van der Waals surface area contributed by atoms with E-state index in [9.17, 15) is 22.8 Å². The first kappa shape index (κ1) is 24.1. The topological polar surface area (TPSA) is 110 Å². The van der Waals surface area contributed by atoms with E-state index < -0.39 is 21.9 Å². The van der Waals surface area contributed by atoms with Crippen LogP contribution < -0.4 is 0 Å². The monoisotopic (exact) mass is 486 g/mol. The average Bonchev–Trinajstić information content (AvgIpc) is 3.10. The fourth-order valence-electron chi connectivity index (χ4n) is 3.90. The fourth-order valence-corrected chi connectivity index (χ4v) is 5.38. The molecular weight excluding hydrogens is 460 g/mol. The first-order valence-electron chi connectivity index (χ1n) is 11.2. The first-order valence-corrected chi connectivity index (χ1v) is 12.6. The molecule has 0 bridgehead atoms. The van der Waals surface area contributed by atoms with E-state index in [4.69, 9.17) is 9.47 Å². The molecule has 0 aliphatic carbocycles. The molecule has 0 radical (unpaired) electrons. The zero-order valence-corrected chi connectivity index (χ0v) is 19.7. The summed E-state index contributed by atoms with van der Waals surface area (Å²) >= 11 is 0. The molecule has 34 heavy (non-hydrogen) atoms. The van der Waals surface area contributed by atoms with Gasteiger partial charge in [-0.2, -0.15) is 4.31 Å². The molecule has 1 saturated heterocycles. The van der Waals surface area contributed by atoms with Crippen LogP contribution in [0.25, 0.3) is 0 Å². The number of carbonyl (C=O) groups excluding carboxylic acids is 3. The summed E-state index contributed by atoms with van der Waals surface area (Å²) in [7, 11) is -3.67. The molecule has 0 atom stereocenters. The Morgan fingerprint density at radius 3 is 2.50 bits per heavy atom. The maximum Gasteiger partial charge on any atom is 0.338 e. The maximum absolute atomic E-state index is 12.9. The van der Waals surface area contributed by atoms with Gasteiger partial charge in [-0.15, -0.1) is 0 Å². The van der Waals surface area contributed by atoms with Crippen molar-refractivity contribution in [1.82, 2.24) is 9.21 Å². The SMILES string of the molecule is CCCCN1C(=O)c2ccc(C(=O)OCc3cccc(S(=O)(=O)N4CCOCC4)c3)cc2C1=O. The van der Waals surface area contributed by atoms with Crippen LogP contribution >= 0.6 is 0 Å². The lowest BCUT2D eigenvalue weighted by Crippen LogP contribution is -2.40. The number of hydrogen-bond acceptors (Lipinski definition) is 7. The number of benzene rings is 2. The smallest absolute Gasteiger partial charge is 0.338 e. The second-order valence-electron chi connectivity index (χ2n) is 8.12. The second-order valence-corrected chi connectivity index (χ2v) is 10.1. The lowest BCUT2D eigenvalue weighted by atomic mass is 10.1. The molecule has 2 heterocycles. The van der Waals surface area contributed by atoms with Crippen LogP contribution in [0.1, 0.15) is 56.4 Å². The Bertz CT molecular complexity index is 1220. The summed E-state index contributed by atoms with van der Waals surface area (Å²) < 4.78 is 37.7. The van der Waals surface area contributed by atoms with Gasteiger partial charge < -0.3 is 9.47 Å². The van der Waals surface area contributed by atoms with Gasteiger partial charge in [-0.1, -0.05) is 25.5 Å². The molecule has 0 N–H and O–H groups in total. The van der Waals surface area contributed by atoms with Crippen LogP contribution in [-0.2, 0) is 26.1 Å². The summed E-state index contributed by atoms with van der Waals surface area (Å²) in [6.45, 7) is 3.45. The largest absolute Gasteiger partial charge is 0.457 e. The summed E-state index contributed by atoms with van der Waals surface area (Å²) in [5.74, 6) is -1.44. The van der Waals surface area contributed by atoms with E-state index in [1.54, 1.807) is 12.1 Å². The summed E-state index contributed by atoms with van der Waals surface area (Å²) in [4.78, 5) is 39.0. The summed E-state index contributed by atoms with van der Waals surface area (Å²) in [5.41, 5.74) is 1.13. The van der Waals surface area contributed by atoms with Crippen LogP contribution in [0, 0.1) is 0 Å². The van der Waals surface area contributed by atoms with Gasteiger partial charge in [0.2, 0.25) is 10.0 Å². The van der Waals surface area contributed by atoms with E-state index in [1.807, 2.05) is 6.92 Å². The minimum atomic E-state index is -3.67. The van der Waals surface area contributed by atoms with E-state index in [0.29, 0.717) is 31.7 Å². The minimum Gasteiger partial charge on any atom is -0.457 e. The number of nitrogens with zero attached hydrogens (tertiary/aromatic N) is 2. The summed E-state index contributed by atoms with van der Waals surface area (Å²) in [6, 6.07) is 10.5. The third-order valence-electron chi connectivity index (χ3n) is 5.82. The molecule has 2 aliphatic rings. The predicted octanol–water partition coefficient (Wildman–Crippen LogP) is 2.46. The summed E-state index contributed by atoms with van der Waals surface area (Å²) in [6.07, 6.45) is 1.56. The Balaban J connectivity index is 1.44. The van der Waals surface area contributed by atoms with Crippen molar-refractivity contribution in [2.24, 2.45) is 0 Å². The molecule has 2 amide bonds. The number of hydrogen-bond donors (Lipinski definition) is 0. The molecule has 2 aliphatic heterocycles. The Hall–Kier alpha value is -3.08. The quantitative estimate of drug-likeness (QED) is 0.416. The number of imide groups is 1. The van der Waals surface area contributed by atoms with Gasteiger partial charge in [-0.05, 0) is 42.3 Å². The van der Waals surface area contributed by atoms with Gasteiger partial charge in [0.25, 0.3) is 11.8 Å². The highest BCUT2D eigenvalue weighted by Crippen LogP contribution is 2.25. The molecule has 0 saturated carbocycles. The van der Waals surface area contributed by atoms with E-state index in [-0.39, 0.29) is 47.2 Å². The molecule has 10 heteroatoms. The lowest BCUT2D eigenvalue weighted by molar-refractivity contribution is 0.0472. The van der Waals surface area contributed by atoms with Crippen molar-refractivity contribution in [2.45, 2.75) is 31.3 Å². The number of esters is 1. The Labute approximate surface area is 198 Å². The molecule has 4 rings (SSSR count). The number of amides is 2. The van der Waals surface area contributed by atoms with Crippen molar-refractivity contribution in [3.8, 4) is 0 Å². The van der Waals surface area contributed by atoms with E-state index in [0.717, 1.165) is 6.42 Å². The normalized spacial score (nSPS) is 16.6. The second kappa shape index (κ2) is 10.0. The first-order chi connectivity index (χ1) is 16.3. The van der Waals surface area contributed by atoms with Gasteiger partial charge in [0, 0.05) is 19.6 Å². The molecule has 0 aromatic heterocycles. The summed E-state index contributed by atoms with van der Waals surface area (Å²) in [5, 5.41) is 0. The molecule has 0 unspecified atom stereocenters. The van der Waals surface area contributed by atoms with Gasteiger partial charge in [0.15, 0.2) is 0 Å². The number of ether oxygens (including phenoxy) is 2. The third kappa shape index (κ3) is 4.75. The maximum atomic E-state index is 12.9. The average molecular weight is 487 g/mol. The molecule has 180 valence electrons. The van der Waals surface area contributed by atoms with Crippen molar-refractivity contribution >= 4 is 27.8 Å². The van der Waals surface area contributed by atoms with Gasteiger partial charge in [-0.25, -0.2) is 13.2 Å². The van der Waals surface area contributed by atoms with Crippen molar-refractivity contribution in [3.63, 3.8) is 0 Å². The van der Waals surface area contributed by atoms with Crippen LogP contribution in [0.2, 0.25) is 0 Å². The number of fused-ring (bicyclic) bond motifs is 1. The van der Waals surface area contributed by atoms with Crippen molar-refractivity contribution in [2.75, 3.05) is 32.8 Å². The molecular formula is C24H26N2O7S. The van der Waals surface area contributed by atoms with Crippen molar-refractivity contribution in [1.29, 1.82) is 0 Å². The number of rotatable bonds is 8.